The van der Waals surface area contributed by atoms with E-state index < -0.39 is 0 Å². The highest BCUT2D eigenvalue weighted by Gasteiger charge is 2.16. The lowest BCUT2D eigenvalue weighted by atomic mass is 10.1. The molecule has 110 valence electrons. The number of benzene rings is 1. The van der Waals surface area contributed by atoms with Crippen molar-refractivity contribution in [2.75, 3.05) is 19.8 Å². The molecule has 1 heterocycles. The summed E-state index contributed by atoms with van der Waals surface area (Å²) >= 11 is 6.17. The lowest BCUT2D eigenvalue weighted by Crippen LogP contribution is -2.30. The summed E-state index contributed by atoms with van der Waals surface area (Å²) in [5, 5.41) is 3.49. The number of nitrogens with one attached hydrogen (secondary N) is 1. The van der Waals surface area contributed by atoms with Crippen LogP contribution < -0.4 is 14.8 Å². The van der Waals surface area contributed by atoms with E-state index in [9.17, 15) is 4.79 Å². The van der Waals surface area contributed by atoms with Gasteiger partial charge in [-0.2, -0.15) is 0 Å². The molecule has 1 aromatic carbocycles. The number of amides is 1. The zero-order valence-electron chi connectivity index (χ0n) is 11.9. The molecule has 1 amide bonds. The summed E-state index contributed by atoms with van der Waals surface area (Å²) in [5.74, 6) is 1.45. The minimum Gasteiger partial charge on any atom is -0.486 e. The monoisotopic (exact) mass is 297 g/mol. The van der Waals surface area contributed by atoms with Gasteiger partial charge in [0.05, 0.1) is 5.02 Å². The third kappa shape index (κ3) is 3.57. The van der Waals surface area contributed by atoms with E-state index in [1.54, 1.807) is 0 Å². The standard InChI is InChI=1S/C15H20ClNO3/c1-3-10(2)15(18)17-5-4-11-8-12(16)14-13(9-11)19-6-7-20-14/h8-10H,3-7H2,1-2H3,(H,17,18). The number of carbonyl (C=O) groups is 1. The molecule has 1 atom stereocenters. The zero-order chi connectivity index (χ0) is 14.5. The number of halogens is 1. The number of hydrogen-bond donors (Lipinski definition) is 1. The Morgan fingerprint density at radius 3 is 2.90 bits per heavy atom. The van der Waals surface area contributed by atoms with Gasteiger partial charge in [0.2, 0.25) is 5.91 Å². The van der Waals surface area contributed by atoms with Crippen LogP contribution in [0.2, 0.25) is 5.02 Å². The molecule has 0 aromatic heterocycles. The van der Waals surface area contributed by atoms with Gasteiger partial charge in [-0.3, -0.25) is 4.79 Å². The van der Waals surface area contributed by atoms with Crippen LogP contribution in [0.15, 0.2) is 12.1 Å². The predicted octanol–water partition coefficient (Wildman–Crippen LogP) is 2.82. The van der Waals surface area contributed by atoms with Gasteiger partial charge in [0.25, 0.3) is 0 Å². The number of hydrogen-bond acceptors (Lipinski definition) is 3. The van der Waals surface area contributed by atoms with Crippen molar-refractivity contribution in [3.05, 3.63) is 22.7 Å². The molecular formula is C15H20ClNO3. The Bertz CT molecular complexity index is 490. The smallest absolute Gasteiger partial charge is 0.222 e. The number of rotatable bonds is 5. The second kappa shape index (κ2) is 6.84. The third-order valence-electron chi connectivity index (χ3n) is 3.43. The maximum atomic E-state index is 11.7. The van der Waals surface area contributed by atoms with E-state index in [2.05, 4.69) is 5.32 Å². The van der Waals surface area contributed by atoms with Crippen LogP contribution in [-0.2, 0) is 11.2 Å². The molecule has 4 nitrogen and oxygen atoms in total. The first-order valence-electron chi connectivity index (χ1n) is 6.97. The molecule has 1 aliphatic rings. The lowest BCUT2D eigenvalue weighted by Gasteiger charge is -2.20. The molecule has 0 fully saturated rings. The summed E-state index contributed by atoms with van der Waals surface area (Å²) in [5.41, 5.74) is 1.03. The highest BCUT2D eigenvalue weighted by molar-refractivity contribution is 6.32. The third-order valence-corrected chi connectivity index (χ3v) is 3.71. The summed E-state index contributed by atoms with van der Waals surface area (Å²) in [7, 11) is 0. The van der Waals surface area contributed by atoms with E-state index in [1.165, 1.54) is 0 Å². The van der Waals surface area contributed by atoms with E-state index >= 15 is 0 Å². The lowest BCUT2D eigenvalue weighted by molar-refractivity contribution is -0.124. The van der Waals surface area contributed by atoms with Gasteiger partial charge >= 0.3 is 0 Å². The molecule has 0 aliphatic carbocycles. The van der Waals surface area contributed by atoms with Gasteiger partial charge in [-0.05, 0) is 30.5 Å². The number of carbonyl (C=O) groups excluding carboxylic acids is 1. The Balaban J connectivity index is 1.94. The van der Waals surface area contributed by atoms with Gasteiger partial charge in [-0.25, -0.2) is 0 Å². The van der Waals surface area contributed by atoms with Crippen molar-refractivity contribution >= 4 is 17.5 Å². The summed E-state index contributed by atoms with van der Waals surface area (Å²) < 4.78 is 11.0. The molecule has 20 heavy (non-hydrogen) atoms. The minimum atomic E-state index is 0.0545. The Labute approximate surface area is 124 Å². The number of ether oxygens (including phenoxy) is 2. The highest BCUT2D eigenvalue weighted by atomic mass is 35.5. The van der Waals surface area contributed by atoms with Crippen LogP contribution in [0.25, 0.3) is 0 Å². The summed E-state index contributed by atoms with van der Waals surface area (Å²) in [6.45, 7) is 5.59. The summed E-state index contributed by atoms with van der Waals surface area (Å²) in [4.78, 5) is 11.7. The Kier molecular flexibility index (Phi) is 5.12. The SMILES string of the molecule is CCC(C)C(=O)NCCc1cc(Cl)c2c(c1)OCCO2. The molecule has 1 aromatic rings. The highest BCUT2D eigenvalue weighted by Crippen LogP contribution is 2.38. The molecule has 1 aliphatic heterocycles. The van der Waals surface area contributed by atoms with Crippen LogP contribution in [0.5, 0.6) is 11.5 Å². The first-order chi connectivity index (χ1) is 9.61. The molecule has 0 radical (unpaired) electrons. The van der Waals surface area contributed by atoms with Gasteiger partial charge in [-0.1, -0.05) is 25.4 Å². The molecule has 0 spiro atoms. The van der Waals surface area contributed by atoms with Gasteiger partial charge in [0.15, 0.2) is 11.5 Å². The topological polar surface area (TPSA) is 47.6 Å². The fourth-order valence-electron chi connectivity index (χ4n) is 2.00. The summed E-state index contributed by atoms with van der Waals surface area (Å²) in [6, 6.07) is 3.79. The van der Waals surface area contributed by atoms with Gasteiger partial charge in [0, 0.05) is 12.5 Å². The van der Waals surface area contributed by atoms with Crippen LogP contribution in [0.1, 0.15) is 25.8 Å². The van der Waals surface area contributed by atoms with Crippen LogP contribution in [0.3, 0.4) is 0 Å². The van der Waals surface area contributed by atoms with Crippen LogP contribution >= 0.6 is 11.6 Å². The predicted molar refractivity (Wildman–Crippen MR) is 78.6 cm³/mol. The van der Waals surface area contributed by atoms with Crippen LogP contribution in [0.4, 0.5) is 0 Å². The quantitative estimate of drug-likeness (QED) is 0.909. The first-order valence-corrected chi connectivity index (χ1v) is 7.35. The molecule has 1 N–H and O–H groups in total. The molecular weight excluding hydrogens is 278 g/mol. The second-order valence-corrected chi connectivity index (χ2v) is 5.36. The first kappa shape index (κ1) is 15.0. The zero-order valence-corrected chi connectivity index (χ0v) is 12.6. The maximum absolute atomic E-state index is 11.7. The summed E-state index contributed by atoms with van der Waals surface area (Å²) in [6.07, 6.45) is 1.57. The molecule has 2 rings (SSSR count). The van der Waals surface area contributed by atoms with Crippen LogP contribution in [-0.4, -0.2) is 25.7 Å². The fourth-order valence-corrected chi connectivity index (χ4v) is 2.29. The van der Waals surface area contributed by atoms with Gasteiger partial charge in [-0.15, -0.1) is 0 Å². The average molecular weight is 298 g/mol. The number of fused-ring (bicyclic) bond motifs is 1. The normalized spacial score (nSPS) is 14.8. The van der Waals surface area contributed by atoms with Crippen molar-refractivity contribution in [1.82, 2.24) is 5.32 Å². The molecule has 1 unspecified atom stereocenters. The van der Waals surface area contributed by atoms with Crippen molar-refractivity contribution in [3.63, 3.8) is 0 Å². The van der Waals surface area contributed by atoms with E-state index in [0.29, 0.717) is 36.3 Å². The van der Waals surface area contributed by atoms with E-state index in [4.69, 9.17) is 21.1 Å². The van der Waals surface area contributed by atoms with Crippen molar-refractivity contribution < 1.29 is 14.3 Å². The van der Waals surface area contributed by atoms with Gasteiger partial charge < -0.3 is 14.8 Å². The molecule has 5 heteroatoms. The van der Waals surface area contributed by atoms with Crippen molar-refractivity contribution in [2.24, 2.45) is 5.92 Å². The fraction of sp³-hybridized carbons (Fsp3) is 0.533. The van der Waals surface area contributed by atoms with Crippen molar-refractivity contribution in [3.8, 4) is 11.5 Å². The Hall–Kier alpha value is -1.42. The van der Waals surface area contributed by atoms with Crippen LogP contribution in [0, 0.1) is 5.92 Å². The van der Waals surface area contributed by atoms with Crippen molar-refractivity contribution in [1.29, 1.82) is 0 Å². The van der Waals surface area contributed by atoms with Crippen molar-refractivity contribution in [2.45, 2.75) is 26.7 Å². The largest absolute Gasteiger partial charge is 0.486 e. The Morgan fingerprint density at radius 1 is 1.40 bits per heavy atom. The van der Waals surface area contributed by atoms with E-state index in [0.717, 1.165) is 18.4 Å². The molecule has 0 saturated heterocycles. The minimum absolute atomic E-state index is 0.0545. The van der Waals surface area contributed by atoms with E-state index in [-0.39, 0.29) is 11.8 Å². The van der Waals surface area contributed by atoms with Gasteiger partial charge in [0.1, 0.15) is 13.2 Å². The maximum Gasteiger partial charge on any atom is 0.222 e. The Morgan fingerprint density at radius 2 is 2.15 bits per heavy atom. The molecule has 0 bridgehead atoms. The molecule has 0 saturated carbocycles. The average Bonchev–Trinajstić information content (AvgIpc) is 2.46. The van der Waals surface area contributed by atoms with E-state index in [1.807, 2.05) is 26.0 Å². The second-order valence-electron chi connectivity index (χ2n) is 4.95.